The van der Waals surface area contributed by atoms with Crippen LogP contribution in [0.25, 0.3) is 0 Å². The maximum atomic E-state index is 11.1. The van der Waals surface area contributed by atoms with Gasteiger partial charge in [-0.15, -0.1) is 0 Å². The van der Waals surface area contributed by atoms with Crippen molar-refractivity contribution in [3.8, 4) is 5.75 Å². The first-order valence-electron chi connectivity index (χ1n) is 5.93. The van der Waals surface area contributed by atoms with Gasteiger partial charge in [0.05, 0.1) is 6.10 Å². The van der Waals surface area contributed by atoms with Gasteiger partial charge in [-0.05, 0) is 13.0 Å². The van der Waals surface area contributed by atoms with E-state index in [0.29, 0.717) is 18.8 Å². The molecule has 0 saturated heterocycles. The Morgan fingerprint density at radius 3 is 2.83 bits per heavy atom. The lowest BCUT2D eigenvalue weighted by Gasteiger charge is -2.12. The van der Waals surface area contributed by atoms with Crippen molar-refractivity contribution in [1.82, 2.24) is 10.6 Å². The molecule has 0 bridgehead atoms. The van der Waals surface area contributed by atoms with Crippen LogP contribution in [0.5, 0.6) is 5.75 Å². The maximum absolute atomic E-state index is 11.1. The summed E-state index contributed by atoms with van der Waals surface area (Å²) in [4.78, 5) is 11.1. The number of hydrogen-bond acceptors (Lipinski definition) is 4. The van der Waals surface area contributed by atoms with E-state index in [1.165, 1.54) is 0 Å². The van der Waals surface area contributed by atoms with E-state index in [0.717, 1.165) is 5.56 Å². The zero-order valence-electron chi connectivity index (χ0n) is 10.8. The highest BCUT2D eigenvalue weighted by molar-refractivity contribution is 5.77. The van der Waals surface area contributed by atoms with Crippen molar-refractivity contribution >= 4 is 5.91 Å². The zero-order valence-corrected chi connectivity index (χ0v) is 10.8. The smallest absolute Gasteiger partial charge is 0.257 e. The van der Waals surface area contributed by atoms with Crippen LogP contribution in [0, 0.1) is 0 Å². The Kier molecular flexibility index (Phi) is 6.18. The molecule has 1 aromatic rings. The molecular weight excluding hydrogens is 232 g/mol. The van der Waals surface area contributed by atoms with Crippen molar-refractivity contribution in [2.24, 2.45) is 0 Å². The highest BCUT2D eigenvalue weighted by Crippen LogP contribution is 2.17. The molecule has 5 nitrogen and oxygen atoms in total. The topological polar surface area (TPSA) is 70.6 Å². The summed E-state index contributed by atoms with van der Waals surface area (Å²) in [5.41, 5.74) is 0.960. The summed E-state index contributed by atoms with van der Waals surface area (Å²) in [5.74, 6) is 0.515. The number of para-hydroxylation sites is 1. The molecule has 1 aromatic carbocycles. The average Bonchev–Trinajstić information content (AvgIpc) is 2.36. The van der Waals surface area contributed by atoms with E-state index >= 15 is 0 Å². The number of aliphatic hydroxyl groups is 1. The number of rotatable bonds is 7. The number of aliphatic hydroxyl groups excluding tert-OH is 1. The van der Waals surface area contributed by atoms with Crippen LogP contribution < -0.4 is 15.4 Å². The summed E-state index contributed by atoms with van der Waals surface area (Å²) in [7, 11) is 1.57. The summed E-state index contributed by atoms with van der Waals surface area (Å²) in [6.45, 7) is 2.84. The third kappa shape index (κ3) is 5.16. The third-order valence-corrected chi connectivity index (χ3v) is 2.37. The lowest BCUT2D eigenvalue weighted by Crippen LogP contribution is -2.26. The van der Waals surface area contributed by atoms with Crippen LogP contribution >= 0.6 is 0 Å². The van der Waals surface area contributed by atoms with Crippen molar-refractivity contribution in [3.05, 3.63) is 29.8 Å². The molecular formula is C13H20N2O3. The molecule has 18 heavy (non-hydrogen) atoms. The van der Waals surface area contributed by atoms with Crippen molar-refractivity contribution in [2.45, 2.75) is 19.6 Å². The number of amides is 1. The second-order valence-corrected chi connectivity index (χ2v) is 4.05. The lowest BCUT2D eigenvalue weighted by molar-refractivity contribution is -0.122. The van der Waals surface area contributed by atoms with Gasteiger partial charge in [-0.25, -0.2) is 0 Å². The monoisotopic (exact) mass is 252 g/mol. The van der Waals surface area contributed by atoms with Crippen LogP contribution in [0.1, 0.15) is 12.5 Å². The molecule has 0 unspecified atom stereocenters. The molecule has 5 heteroatoms. The maximum Gasteiger partial charge on any atom is 0.257 e. The van der Waals surface area contributed by atoms with Crippen LogP contribution in [0.15, 0.2) is 24.3 Å². The van der Waals surface area contributed by atoms with Crippen molar-refractivity contribution in [2.75, 3.05) is 20.2 Å². The van der Waals surface area contributed by atoms with Gasteiger partial charge in [0.15, 0.2) is 6.61 Å². The first-order chi connectivity index (χ1) is 8.63. The fourth-order valence-corrected chi connectivity index (χ4v) is 1.42. The minimum absolute atomic E-state index is 0.00389. The number of carbonyl (C=O) groups excluding carboxylic acids is 1. The van der Waals surface area contributed by atoms with E-state index < -0.39 is 0 Å². The van der Waals surface area contributed by atoms with Gasteiger partial charge in [-0.2, -0.15) is 0 Å². The van der Waals surface area contributed by atoms with E-state index in [2.05, 4.69) is 10.6 Å². The molecule has 0 saturated carbocycles. The summed E-state index contributed by atoms with van der Waals surface area (Å²) in [6, 6.07) is 7.51. The van der Waals surface area contributed by atoms with E-state index in [4.69, 9.17) is 9.84 Å². The predicted molar refractivity (Wildman–Crippen MR) is 69.4 cm³/mol. The van der Waals surface area contributed by atoms with Crippen LogP contribution in [-0.2, 0) is 11.3 Å². The van der Waals surface area contributed by atoms with Gasteiger partial charge in [0, 0.05) is 25.7 Å². The van der Waals surface area contributed by atoms with Crippen LogP contribution in [-0.4, -0.2) is 37.3 Å². The summed E-state index contributed by atoms with van der Waals surface area (Å²) in [5, 5.41) is 14.8. The molecule has 0 spiro atoms. The largest absolute Gasteiger partial charge is 0.483 e. The van der Waals surface area contributed by atoms with E-state index in [1.54, 1.807) is 14.0 Å². The molecule has 0 aliphatic carbocycles. The van der Waals surface area contributed by atoms with Crippen molar-refractivity contribution in [1.29, 1.82) is 0 Å². The first kappa shape index (κ1) is 14.5. The Morgan fingerprint density at radius 2 is 2.17 bits per heavy atom. The Labute approximate surface area is 107 Å². The lowest BCUT2D eigenvalue weighted by atomic mass is 10.2. The van der Waals surface area contributed by atoms with Gasteiger partial charge < -0.3 is 20.5 Å². The number of likely N-dealkylation sites (N-methyl/N-ethyl adjacent to an activating group) is 1. The number of carbonyl (C=O) groups is 1. The van der Waals surface area contributed by atoms with E-state index in [1.807, 2.05) is 24.3 Å². The average molecular weight is 252 g/mol. The molecule has 0 fully saturated rings. The molecule has 0 aromatic heterocycles. The highest BCUT2D eigenvalue weighted by Gasteiger charge is 2.05. The van der Waals surface area contributed by atoms with Gasteiger partial charge in [-0.3, -0.25) is 4.79 Å². The molecule has 0 aliphatic rings. The second-order valence-electron chi connectivity index (χ2n) is 4.05. The molecule has 0 aliphatic heterocycles. The number of ether oxygens (including phenoxy) is 1. The van der Waals surface area contributed by atoms with Gasteiger partial charge >= 0.3 is 0 Å². The van der Waals surface area contributed by atoms with Crippen LogP contribution in [0.4, 0.5) is 0 Å². The van der Waals surface area contributed by atoms with Gasteiger partial charge in [0.1, 0.15) is 5.75 Å². The summed E-state index contributed by atoms with van der Waals surface area (Å²) >= 11 is 0. The number of hydrogen-bond donors (Lipinski definition) is 3. The summed E-state index contributed by atoms with van der Waals surface area (Å²) in [6.07, 6.45) is -0.385. The van der Waals surface area contributed by atoms with Crippen LogP contribution in [0.3, 0.4) is 0 Å². The van der Waals surface area contributed by atoms with E-state index in [-0.39, 0.29) is 18.6 Å². The van der Waals surface area contributed by atoms with Crippen molar-refractivity contribution in [3.63, 3.8) is 0 Å². The quantitative estimate of drug-likeness (QED) is 0.652. The minimum Gasteiger partial charge on any atom is -0.483 e. The Bertz CT molecular complexity index is 380. The SMILES string of the molecule is CNC(=O)COc1ccccc1CNC[C@@H](C)O. The fraction of sp³-hybridized carbons (Fsp3) is 0.462. The zero-order chi connectivity index (χ0) is 13.4. The summed E-state index contributed by atoms with van der Waals surface area (Å²) < 4.78 is 5.43. The molecule has 0 heterocycles. The molecule has 1 atom stereocenters. The Hall–Kier alpha value is -1.59. The third-order valence-electron chi connectivity index (χ3n) is 2.37. The number of benzene rings is 1. The fourth-order valence-electron chi connectivity index (χ4n) is 1.42. The van der Waals surface area contributed by atoms with Crippen LogP contribution in [0.2, 0.25) is 0 Å². The number of nitrogens with one attached hydrogen (secondary N) is 2. The molecule has 1 rings (SSSR count). The van der Waals surface area contributed by atoms with Crippen molar-refractivity contribution < 1.29 is 14.6 Å². The molecule has 0 radical (unpaired) electrons. The Morgan fingerprint density at radius 1 is 1.44 bits per heavy atom. The Balaban J connectivity index is 2.53. The molecule has 1 amide bonds. The normalized spacial score (nSPS) is 11.9. The minimum atomic E-state index is -0.385. The first-order valence-corrected chi connectivity index (χ1v) is 5.93. The van der Waals surface area contributed by atoms with Gasteiger partial charge in [0.25, 0.3) is 5.91 Å². The molecule has 100 valence electrons. The van der Waals surface area contributed by atoms with Gasteiger partial charge in [0.2, 0.25) is 0 Å². The second kappa shape index (κ2) is 7.68. The van der Waals surface area contributed by atoms with E-state index in [9.17, 15) is 4.79 Å². The highest BCUT2D eigenvalue weighted by atomic mass is 16.5. The van der Waals surface area contributed by atoms with Gasteiger partial charge in [-0.1, -0.05) is 18.2 Å². The standard InChI is InChI=1S/C13H20N2O3/c1-10(16)7-15-8-11-5-3-4-6-12(11)18-9-13(17)14-2/h3-6,10,15-16H,7-9H2,1-2H3,(H,14,17)/t10-/m1/s1. The predicted octanol–water partition coefficient (Wildman–Crippen LogP) is 0.282. The molecule has 3 N–H and O–H groups in total.